The second kappa shape index (κ2) is 12.4. The summed E-state index contributed by atoms with van der Waals surface area (Å²) in [5.41, 5.74) is -3.39. The molecule has 14 heteroatoms. The first kappa shape index (κ1) is 33.2. The van der Waals surface area contributed by atoms with E-state index in [2.05, 4.69) is 10.1 Å². The minimum absolute atomic E-state index is 0.0117. The fraction of sp³-hybridized carbons (Fsp3) is 0.621. The van der Waals surface area contributed by atoms with Crippen LogP contribution in [0, 0.1) is 11.3 Å². The van der Waals surface area contributed by atoms with Gasteiger partial charge in [-0.15, -0.1) is 0 Å². The number of carboxylic acid groups (broad SMARTS) is 1. The van der Waals surface area contributed by atoms with Crippen molar-refractivity contribution in [2.75, 3.05) is 13.1 Å². The molecule has 2 aromatic heterocycles. The van der Waals surface area contributed by atoms with Crippen molar-refractivity contribution in [1.82, 2.24) is 19.7 Å². The van der Waals surface area contributed by atoms with Gasteiger partial charge in [-0.25, -0.2) is 0 Å². The molecule has 1 N–H and O–H groups in total. The number of aliphatic carboxylic acids is 1. The number of nitrogens with zero attached hydrogens (tertiary/aromatic N) is 4. The summed E-state index contributed by atoms with van der Waals surface area (Å²) in [5.74, 6) is -2.75. The molecule has 4 rings (SSSR count). The van der Waals surface area contributed by atoms with Gasteiger partial charge in [0.25, 0.3) is 5.91 Å². The lowest BCUT2D eigenvalue weighted by Gasteiger charge is -2.41. The summed E-state index contributed by atoms with van der Waals surface area (Å²) in [6, 6.07) is -0.739. The van der Waals surface area contributed by atoms with Gasteiger partial charge in [-0.3, -0.25) is 24.0 Å². The number of Topliss-reactive ketones (excluding diaryl/α,β-unsaturated/α-hetero) is 1. The van der Waals surface area contributed by atoms with Gasteiger partial charge in [-0.1, -0.05) is 23.2 Å². The molecular formula is C29H35Cl2F3N4O5. The zero-order chi connectivity index (χ0) is 31.9. The maximum atomic E-state index is 14.5. The van der Waals surface area contributed by atoms with E-state index in [0.717, 1.165) is 15.8 Å². The third kappa shape index (κ3) is 7.51. The first-order valence-electron chi connectivity index (χ1n) is 14.1. The molecule has 2 aromatic rings. The van der Waals surface area contributed by atoms with Crippen LogP contribution in [0.3, 0.4) is 0 Å². The summed E-state index contributed by atoms with van der Waals surface area (Å²) in [5, 5.41) is 13.4. The number of hydrogen-bond acceptors (Lipinski definition) is 6. The molecule has 43 heavy (non-hydrogen) atoms. The van der Waals surface area contributed by atoms with Crippen LogP contribution in [0.2, 0.25) is 10.0 Å². The number of pyridine rings is 1. The molecule has 0 aromatic carbocycles. The van der Waals surface area contributed by atoms with E-state index < -0.39 is 53.1 Å². The smallest absolute Gasteiger partial charge is 0.433 e. The lowest BCUT2D eigenvalue weighted by molar-refractivity contribution is -0.152. The van der Waals surface area contributed by atoms with Crippen molar-refractivity contribution in [1.29, 1.82) is 0 Å². The van der Waals surface area contributed by atoms with Gasteiger partial charge in [0.2, 0.25) is 0 Å². The molecule has 1 amide bonds. The monoisotopic (exact) mass is 646 g/mol. The number of carbonyl (C=O) groups is 3. The van der Waals surface area contributed by atoms with Crippen LogP contribution in [0.5, 0.6) is 0 Å². The highest BCUT2D eigenvalue weighted by Gasteiger charge is 2.45. The SMILES string of the molecule is CC(C)(C)O[C@H]1C[C@H](CN(CC(=O)c2c(Cl)cncc2Cl)C(=O)c2cnn(C3CCC(C)(C(=O)O)CC3)c2C(F)(F)F)C1. The van der Waals surface area contributed by atoms with Crippen LogP contribution in [0.25, 0.3) is 0 Å². The van der Waals surface area contributed by atoms with Gasteiger partial charge >= 0.3 is 12.1 Å². The second-order valence-electron chi connectivity index (χ2n) is 12.7. The molecule has 0 atom stereocenters. The van der Waals surface area contributed by atoms with Crippen molar-refractivity contribution in [3.63, 3.8) is 0 Å². The molecule has 0 bridgehead atoms. The number of halogens is 5. The minimum atomic E-state index is -4.94. The number of carbonyl (C=O) groups excluding carboxylic acids is 2. The van der Waals surface area contributed by atoms with Crippen LogP contribution in [0.4, 0.5) is 13.2 Å². The molecule has 236 valence electrons. The standard InChI is InChI=1S/C29H35Cl2F3N4O5/c1-27(2,3)43-18-9-16(10-18)14-37(15-22(39)23-20(30)12-35-13-21(23)31)25(40)19-11-36-38(24(19)29(32,33)34)17-5-7-28(4,8-6-17)26(41)42/h11-13,16-18H,5-10,14-15H2,1-4H3,(H,41,42)/t16-,17?,18-,28?. The molecule has 0 aliphatic heterocycles. The number of carboxylic acids is 1. The molecule has 0 unspecified atom stereocenters. The Morgan fingerprint density at radius 3 is 2.19 bits per heavy atom. The molecule has 2 aliphatic carbocycles. The molecule has 0 saturated heterocycles. The molecule has 2 heterocycles. The maximum absolute atomic E-state index is 14.5. The Labute approximate surface area is 257 Å². The number of hydrogen-bond donors (Lipinski definition) is 1. The van der Waals surface area contributed by atoms with Crippen molar-refractivity contribution in [3.05, 3.63) is 45.5 Å². The van der Waals surface area contributed by atoms with Gasteiger partial charge in [0.15, 0.2) is 11.5 Å². The molecule has 0 radical (unpaired) electrons. The van der Waals surface area contributed by atoms with Crippen molar-refractivity contribution >= 4 is 40.9 Å². The fourth-order valence-electron chi connectivity index (χ4n) is 5.83. The Morgan fingerprint density at radius 1 is 1.09 bits per heavy atom. The van der Waals surface area contributed by atoms with Crippen LogP contribution in [-0.2, 0) is 15.7 Å². The van der Waals surface area contributed by atoms with E-state index >= 15 is 0 Å². The summed E-state index contributed by atoms with van der Waals surface area (Å²) in [4.78, 5) is 43.7. The topological polar surface area (TPSA) is 115 Å². The molecule has 9 nitrogen and oxygen atoms in total. The van der Waals surface area contributed by atoms with E-state index in [0.29, 0.717) is 12.8 Å². The number of ketones is 1. The lowest BCUT2D eigenvalue weighted by Crippen LogP contribution is -2.46. The lowest BCUT2D eigenvalue weighted by atomic mass is 9.74. The second-order valence-corrected chi connectivity index (χ2v) is 13.5. The van der Waals surface area contributed by atoms with E-state index in [-0.39, 0.29) is 65.5 Å². The maximum Gasteiger partial charge on any atom is 0.433 e. The zero-order valence-corrected chi connectivity index (χ0v) is 25.9. The van der Waals surface area contributed by atoms with Gasteiger partial charge in [0.1, 0.15) is 0 Å². The Bertz CT molecular complexity index is 1360. The van der Waals surface area contributed by atoms with Gasteiger partial charge in [0, 0.05) is 18.9 Å². The minimum Gasteiger partial charge on any atom is -0.481 e. The molecule has 2 aliphatic rings. The Kier molecular flexibility index (Phi) is 9.54. The quantitative estimate of drug-likeness (QED) is 0.300. The molecule has 2 fully saturated rings. The van der Waals surface area contributed by atoms with Crippen LogP contribution < -0.4 is 0 Å². The van der Waals surface area contributed by atoms with Crippen molar-refractivity contribution in [2.24, 2.45) is 11.3 Å². The van der Waals surface area contributed by atoms with Crippen LogP contribution in [0.1, 0.15) is 98.7 Å². The summed E-state index contributed by atoms with van der Waals surface area (Å²) in [6.07, 6.45) is 0.0942. The third-order valence-electron chi connectivity index (χ3n) is 8.16. The average Bonchev–Trinajstić information content (AvgIpc) is 3.32. The first-order valence-corrected chi connectivity index (χ1v) is 14.8. The van der Waals surface area contributed by atoms with E-state index in [9.17, 15) is 32.7 Å². The average molecular weight is 648 g/mol. The van der Waals surface area contributed by atoms with Crippen LogP contribution in [0.15, 0.2) is 18.6 Å². The summed E-state index contributed by atoms with van der Waals surface area (Å²) in [7, 11) is 0. The number of ether oxygens (including phenoxy) is 1. The number of alkyl halides is 3. The fourth-order valence-corrected chi connectivity index (χ4v) is 6.40. The normalized spacial score (nSPS) is 24.3. The highest BCUT2D eigenvalue weighted by Crippen LogP contribution is 2.44. The zero-order valence-electron chi connectivity index (χ0n) is 24.4. The Balaban J connectivity index is 1.63. The summed E-state index contributed by atoms with van der Waals surface area (Å²) < 4.78 is 50.4. The molecule has 0 spiro atoms. The predicted octanol–water partition coefficient (Wildman–Crippen LogP) is 6.73. The number of rotatable bonds is 9. The van der Waals surface area contributed by atoms with E-state index in [4.69, 9.17) is 27.9 Å². The Morgan fingerprint density at radius 2 is 1.67 bits per heavy atom. The van der Waals surface area contributed by atoms with Gasteiger partial charge in [-0.05, 0) is 72.1 Å². The van der Waals surface area contributed by atoms with Crippen LogP contribution >= 0.6 is 23.2 Å². The largest absolute Gasteiger partial charge is 0.481 e. The summed E-state index contributed by atoms with van der Waals surface area (Å²) in [6.45, 7) is 6.78. The first-order chi connectivity index (χ1) is 19.9. The van der Waals surface area contributed by atoms with Crippen molar-refractivity contribution in [2.45, 2.75) is 90.1 Å². The Hall–Kier alpha value is -2.70. The highest BCUT2D eigenvalue weighted by atomic mass is 35.5. The highest BCUT2D eigenvalue weighted by molar-refractivity contribution is 6.39. The number of aromatic nitrogens is 3. The van der Waals surface area contributed by atoms with Gasteiger partial charge < -0.3 is 14.7 Å². The van der Waals surface area contributed by atoms with Gasteiger partial charge in [-0.2, -0.15) is 18.3 Å². The van der Waals surface area contributed by atoms with Crippen LogP contribution in [-0.4, -0.2) is 67.2 Å². The third-order valence-corrected chi connectivity index (χ3v) is 8.73. The van der Waals surface area contributed by atoms with Gasteiger partial charge in [0.05, 0.1) is 57.1 Å². The molecule has 2 saturated carbocycles. The van der Waals surface area contributed by atoms with E-state index in [1.54, 1.807) is 6.92 Å². The number of amides is 1. The van der Waals surface area contributed by atoms with E-state index in [1.165, 1.54) is 12.4 Å². The predicted molar refractivity (Wildman–Crippen MR) is 152 cm³/mol. The van der Waals surface area contributed by atoms with Crippen molar-refractivity contribution < 1.29 is 37.4 Å². The molecular weight excluding hydrogens is 612 g/mol. The summed E-state index contributed by atoms with van der Waals surface area (Å²) >= 11 is 12.3. The van der Waals surface area contributed by atoms with E-state index in [1.807, 2.05) is 20.8 Å². The van der Waals surface area contributed by atoms with Crippen molar-refractivity contribution in [3.8, 4) is 0 Å².